The topological polar surface area (TPSA) is 111 Å². The summed E-state index contributed by atoms with van der Waals surface area (Å²) in [5, 5.41) is 26.2. The third-order valence-electron chi connectivity index (χ3n) is 4.85. The molecule has 0 saturated carbocycles. The highest BCUT2D eigenvalue weighted by Gasteiger charge is 2.34. The summed E-state index contributed by atoms with van der Waals surface area (Å²) in [6, 6.07) is 3.45. The summed E-state index contributed by atoms with van der Waals surface area (Å²) in [5.41, 5.74) is 2.85. The molecule has 24 heavy (non-hydrogen) atoms. The van der Waals surface area contributed by atoms with Crippen molar-refractivity contribution in [3.63, 3.8) is 0 Å². The van der Waals surface area contributed by atoms with Gasteiger partial charge in [-0.2, -0.15) is 5.10 Å². The quantitative estimate of drug-likeness (QED) is 0.374. The number of nitro benzene ring substituents is 2. The SMILES string of the molecule is C/C(=N\Nc1ccc([N+](=O)[O-])cc1[N+](=O)[O-])C1(C)CC=CCC1C. The Balaban J connectivity index is 2.29. The van der Waals surface area contributed by atoms with Gasteiger partial charge in [0.2, 0.25) is 0 Å². The zero-order chi connectivity index (χ0) is 17.9. The standard InChI is InChI=1S/C16H20N4O4/c1-11-6-4-5-9-16(11,3)12(2)17-18-14-8-7-13(19(21)22)10-15(14)20(23)24/h4-5,7-8,10-11,18H,6,9H2,1-3H3/b17-12+. The Morgan fingerprint density at radius 3 is 2.58 bits per heavy atom. The van der Waals surface area contributed by atoms with Crippen molar-refractivity contribution in [3.05, 3.63) is 50.6 Å². The van der Waals surface area contributed by atoms with E-state index in [9.17, 15) is 20.2 Å². The Morgan fingerprint density at radius 1 is 1.29 bits per heavy atom. The highest BCUT2D eigenvalue weighted by Crippen LogP contribution is 2.39. The van der Waals surface area contributed by atoms with Crippen LogP contribution in [0.1, 0.15) is 33.6 Å². The van der Waals surface area contributed by atoms with Crippen LogP contribution in [0.3, 0.4) is 0 Å². The predicted molar refractivity (Wildman–Crippen MR) is 92.1 cm³/mol. The second-order valence-corrected chi connectivity index (χ2v) is 6.25. The molecule has 128 valence electrons. The molecule has 1 N–H and O–H groups in total. The van der Waals surface area contributed by atoms with Crippen LogP contribution in [0.25, 0.3) is 0 Å². The van der Waals surface area contributed by atoms with E-state index >= 15 is 0 Å². The molecule has 2 rings (SSSR count). The van der Waals surface area contributed by atoms with Crippen molar-refractivity contribution in [2.45, 2.75) is 33.6 Å². The van der Waals surface area contributed by atoms with E-state index in [1.807, 2.05) is 6.92 Å². The molecule has 1 aliphatic carbocycles. The first-order valence-corrected chi connectivity index (χ1v) is 7.64. The molecule has 1 aromatic rings. The maximum Gasteiger partial charge on any atom is 0.301 e. The van der Waals surface area contributed by atoms with Gasteiger partial charge in [0.25, 0.3) is 5.69 Å². The van der Waals surface area contributed by atoms with E-state index in [4.69, 9.17) is 0 Å². The number of non-ortho nitro benzene ring substituents is 1. The van der Waals surface area contributed by atoms with Crippen molar-refractivity contribution in [2.75, 3.05) is 5.43 Å². The van der Waals surface area contributed by atoms with E-state index in [0.717, 1.165) is 24.6 Å². The van der Waals surface area contributed by atoms with Crippen molar-refractivity contribution in [3.8, 4) is 0 Å². The minimum atomic E-state index is -0.664. The smallest absolute Gasteiger partial charge is 0.272 e. The number of rotatable bonds is 5. The minimum absolute atomic E-state index is 0.128. The normalized spacial score (nSPS) is 23.8. The fourth-order valence-corrected chi connectivity index (χ4v) is 2.75. The number of nitrogens with zero attached hydrogens (tertiary/aromatic N) is 3. The lowest BCUT2D eigenvalue weighted by molar-refractivity contribution is -0.393. The lowest BCUT2D eigenvalue weighted by Gasteiger charge is -2.37. The highest BCUT2D eigenvalue weighted by molar-refractivity contribution is 5.89. The van der Waals surface area contributed by atoms with E-state index < -0.39 is 9.85 Å². The third-order valence-corrected chi connectivity index (χ3v) is 4.85. The second-order valence-electron chi connectivity index (χ2n) is 6.25. The van der Waals surface area contributed by atoms with Crippen LogP contribution in [0.4, 0.5) is 17.1 Å². The van der Waals surface area contributed by atoms with Gasteiger partial charge in [0, 0.05) is 17.2 Å². The molecule has 0 saturated heterocycles. The number of hydrogen-bond donors (Lipinski definition) is 1. The van der Waals surface area contributed by atoms with E-state index in [0.29, 0.717) is 5.92 Å². The summed E-state index contributed by atoms with van der Waals surface area (Å²) in [4.78, 5) is 20.6. The molecule has 8 heteroatoms. The molecule has 1 aromatic carbocycles. The summed E-state index contributed by atoms with van der Waals surface area (Å²) in [7, 11) is 0. The van der Waals surface area contributed by atoms with Gasteiger partial charge in [-0.3, -0.25) is 25.7 Å². The van der Waals surface area contributed by atoms with Crippen LogP contribution < -0.4 is 5.43 Å². The first kappa shape index (κ1) is 17.6. The van der Waals surface area contributed by atoms with Gasteiger partial charge in [-0.15, -0.1) is 0 Å². The molecular weight excluding hydrogens is 312 g/mol. The predicted octanol–water partition coefficient (Wildman–Crippen LogP) is 4.28. The molecule has 0 aromatic heterocycles. The Kier molecular flexibility index (Phi) is 4.96. The number of nitro groups is 2. The monoisotopic (exact) mass is 332 g/mol. The molecular formula is C16H20N4O4. The summed E-state index contributed by atoms with van der Waals surface area (Å²) >= 11 is 0. The molecule has 0 spiro atoms. The second kappa shape index (κ2) is 6.77. The van der Waals surface area contributed by atoms with Gasteiger partial charge in [0.1, 0.15) is 5.69 Å². The maximum absolute atomic E-state index is 11.1. The lowest BCUT2D eigenvalue weighted by atomic mass is 9.68. The van der Waals surface area contributed by atoms with E-state index in [2.05, 4.69) is 36.5 Å². The number of nitrogens with one attached hydrogen (secondary N) is 1. The molecule has 2 atom stereocenters. The number of hydrogen-bond acceptors (Lipinski definition) is 6. The van der Waals surface area contributed by atoms with Gasteiger partial charge < -0.3 is 0 Å². The van der Waals surface area contributed by atoms with E-state index in [1.165, 1.54) is 12.1 Å². The van der Waals surface area contributed by atoms with Gasteiger partial charge in [-0.1, -0.05) is 26.0 Å². The van der Waals surface area contributed by atoms with Crippen LogP contribution in [0.2, 0.25) is 0 Å². The molecule has 8 nitrogen and oxygen atoms in total. The minimum Gasteiger partial charge on any atom is -0.272 e. The first-order chi connectivity index (χ1) is 11.3. The molecule has 0 fully saturated rings. The Labute approximate surface area is 139 Å². The van der Waals surface area contributed by atoms with Crippen LogP contribution in [0.15, 0.2) is 35.5 Å². The Bertz CT molecular complexity index is 729. The van der Waals surface area contributed by atoms with Crippen molar-refractivity contribution in [1.82, 2.24) is 0 Å². The van der Waals surface area contributed by atoms with Gasteiger partial charge in [-0.25, -0.2) is 0 Å². The molecule has 0 aliphatic heterocycles. The van der Waals surface area contributed by atoms with Gasteiger partial charge in [0.05, 0.1) is 15.9 Å². The molecule has 1 aliphatic rings. The molecule has 0 radical (unpaired) electrons. The summed E-state index contributed by atoms with van der Waals surface area (Å²) in [5.74, 6) is 0.403. The van der Waals surface area contributed by atoms with Crippen LogP contribution in [-0.4, -0.2) is 15.6 Å². The average molecular weight is 332 g/mol. The zero-order valence-corrected chi connectivity index (χ0v) is 13.9. The number of benzene rings is 1. The Morgan fingerprint density at radius 2 is 2.00 bits per heavy atom. The summed E-state index contributed by atoms with van der Waals surface area (Å²) < 4.78 is 0. The van der Waals surface area contributed by atoms with E-state index in [-0.39, 0.29) is 22.5 Å². The van der Waals surface area contributed by atoms with Gasteiger partial charge >= 0.3 is 5.69 Å². The van der Waals surface area contributed by atoms with Crippen LogP contribution >= 0.6 is 0 Å². The molecule has 0 amide bonds. The van der Waals surface area contributed by atoms with Gasteiger partial charge in [0.15, 0.2) is 0 Å². The van der Waals surface area contributed by atoms with E-state index in [1.54, 1.807) is 0 Å². The van der Waals surface area contributed by atoms with Crippen molar-refractivity contribution in [2.24, 2.45) is 16.4 Å². The molecule has 0 heterocycles. The van der Waals surface area contributed by atoms with Crippen molar-refractivity contribution in [1.29, 1.82) is 0 Å². The number of anilines is 1. The van der Waals surface area contributed by atoms with Crippen LogP contribution in [0, 0.1) is 31.6 Å². The zero-order valence-electron chi connectivity index (χ0n) is 13.9. The molecule has 0 bridgehead atoms. The molecule has 2 unspecified atom stereocenters. The number of allylic oxidation sites excluding steroid dienone is 2. The highest BCUT2D eigenvalue weighted by atomic mass is 16.6. The fourth-order valence-electron chi connectivity index (χ4n) is 2.75. The van der Waals surface area contributed by atoms with Crippen molar-refractivity contribution < 1.29 is 9.85 Å². The number of hydrazone groups is 1. The largest absolute Gasteiger partial charge is 0.301 e. The summed E-state index contributed by atoms with van der Waals surface area (Å²) in [6.45, 7) is 6.16. The first-order valence-electron chi connectivity index (χ1n) is 7.64. The fraction of sp³-hybridized carbons (Fsp3) is 0.438. The van der Waals surface area contributed by atoms with Crippen molar-refractivity contribution >= 4 is 22.8 Å². The maximum atomic E-state index is 11.1. The van der Waals surface area contributed by atoms with Gasteiger partial charge in [-0.05, 0) is 31.7 Å². The lowest BCUT2D eigenvalue weighted by Crippen LogP contribution is -2.34. The van der Waals surface area contributed by atoms with Crippen LogP contribution in [0.5, 0.6) is 0 Å². The third kappa shape index (κ3) is 3.42. The Hall–Kier alpha value is -2.77. The summed E-state index contributed by atoms with van der Waals surface area (Å²) in [6.07, 6.45) is 6.08. The average Bonchev–Trinajstić information content (AvgIpc) is 2.54. The van der Waals surface area contributed by atoms with Crippen LogP contribution in [-0.2, 0) is 0 Å².